The minimum absolute atomic E-state index is 0.137. The van der Waals surface area contributed by atoms with Crippen molar-refractivity contribution < 1.29 is 0 Å². The molecular weight excluding hydrogens is 130 g/mol. The molecule has 0 amide bonds. The van der Waals surface area contributed by atoms with Gasteiger partial charge in [-0.2, -0.15) is 5.10 Å². The number of nitrogens with zero attached hydrogens (tertiary/aromatic N) is 1. The Morgan fingerprint density at radius 3 is 3.30 bits per heavy atom. The first-order chi connectivity index (χ1) is 4.88. The fourth-order valence-corrected chi connectivity index (χ4v) is 0.821. The zero-order chi connectivity index (χ0) is 6.97. The molecule has 0 fully saturated rings. The number of rotatable bonds is 0. The monoisotopic (exact) mass is 134 g/mol. The number of nitrogens with one attached hydrogen (secondary N) is 2. The van der Waals surface area contributed by atoms with Crippen molar-refractivity contribution in [1.82, 2.24) is 15.2 Å². The van der Waals surface area contributed by atoms with Crippen molar-refractivity contribution in [1.29, 1.82) is 0 Å². The van der Waals surface area contributed by atoms with Crippen LogP contribution in [0.4, 0.5) is 0 Å². The Hall–Kier alpha value is -1.58. The van der Waals surface area contributed by atoms with E-state index < -0.39 is 0 Å². The lowest BCUT2D eigenvalue weighted by Crippen LogP contribution is -2.02. The molecule has 2 aromatic heterocycles. The summed E-state index contributed by atoms with van der Waals surface area (Å²) in [6.45, 7) is 0. The van der Waals surface area contributed by atoms with Crippen LogP contribution in [-0.2, 0) is 0 Å². The van der Waals surface area contributed by atoms with E-state index in [1.54, 1.807) is 6.20 Å². The Labute approximate surface area is 55.9 Å². The van der Waals surface area contributed by atoms with Gasteiger partial charge in [-0.05, 0) is 0 Å². The zero-order valence-electron chi connectivity index (χ0n) is 5.01. The molecule has 0 saturated carbocycles. The van der Waals surface area contributed by atoms with Crippen molar-refractivity contribution in [3.8, 4) is 0 Å². The van der Waals surface area contributed by atoms with Gasteiger partial charge in [0.2, 0.25) is 0 Å². The summed E-state index contributed by atoms with van der Waals surface area (Å²) in [7, 11) is 0. The lowest BCUT2D eigenvalue weighted by molar-refractivity contribution is 1.12. The van der Waals surface area contributed by atoms with Gasteiger partial charge in [0.05, 0.1) is 5.39 Å². The Morgan fingerprint density at radius 2 is 2.50 bits per heavy atom. The van der Waals surface area contributed by atoms with Gasteiger partial charge >= 0.3 is 0 Å². The summed E-state index contributed by atoms with van der Waals surface area (Å²) < 4.78 is 0. The minimum Gasteiger partial charge on any atom is -0.328 e. The molecule has 0 aliphatic carbocycles. The smallest absolute Gasteiger partial charge is 0.259 e. The van der Waals surface area contributed by atoms with E-state index in [-0.39, 0.29) is 5.56 Å². The largest absolute Gasteiger partial charge is 0.328 e. The molecule has 2 heterocycles. The average molecular weight is 134 g/mol. The van der Waals surface area contributed by atoms with Gasteiger partial charge < -0.3 is 4.98 Å². The van der Waals surface area contributed by atoms with Crippen molar-refractivity contribution in [2.24, 2.45) is 0 Å². The molecule has 4 nitrogen and oxygen atoms in total. The first-order valence-corrected chi connectivity index (χ1v) is 2.81. The number of hydrogen-bond acceptors (Lipinski definition) is 2. The number of hydrogen-bond donors (Lipinski definition) is 2. The number of H-pyrrole nitrogens is 2. The molecule has 0 aliphatic rings. The first-order valence-electron chi connectivity index (χ1n) is 2.81. The average Bonchev–Trinajstić information content (AvgIpc) is 2.36. The van der Waals surface area contributed by atoms with Gasteiger partial charge in [0.25, 0.3) is 5.56 Å². The van der Waals surface area contributed by atoms with Crippen molar-refractivity contribution in [2.75, 3.05) is 0 Å². The van der Waals surface area contributed by atoms with Gasteiger partial charge in [-0.1, -0.05) is 0 Å². The quantitative estimate of drug-likeness (QED) is 0.534. The van der Waals surface area contributed by atoms with E-state index >= 15 is 0 Å². The number of aromatic amines is 2. The molecule has 0 saturated heterocycles. The highest BCUT2D eigenvalue weighted by atomic mass is 16.1. The van der Waals surface area contributed by atoms with Gasteiger partial charge in [-0.25, -0.2) is 0 Å². The van der Waals surface area contributed by atoms with E-state index in [4.69, 9.17) is 0 Å². The van der Waals surface area contributed by atoms with Crippen LogP contribution >= 0.6 is 0 Å². The van der Waals surface area contributed by atoms with Gasteiger partial charge in [0, 0.05) is 18.5 Å². The molecule has 0 spiro atoms. The van der Waals surface area contributed by atoms with E-state index in [1.165, 1.54) is 6.20 Å². The fraction of sp³-hybridized carbons (Fsp3) is 0. The van der Waals surface area contributed by atoms with E-state index in [0.29, 0.717) is 10.9 Å². The van der Waals surface area contributed by atoms with Crippen LogP contribution in [0.2, 0.25) is 0 Å². The summed E-state index contributed by atoms with van der Waals surface area (Å²) >= 11 is 0. The van der Waals surface area contributed by atoms with Crippen molar-refractivity contribution in [3.05, 3.63) is 28.8 Å². The summed E-state index contributed by atoms with van der Waals surface area (Å²) in [4.78, 5) is 13.4. The summed E-state index contributed by atoms with van der Waals surface area (Å²) in [5.74, 6) is 0. The molecule has 2 N–H and O–H groups in total. The van der Waals surface area contributed by atoms with Gasteiger partial charge in [-0.3, -0.25) is 9.89 Å². The Kier molecular flexibility index (Phi) is 0.887. The Balaban J connectivity index is 3.09. The van der Waals surface area contributed by atoms with Crippen molar-refractivity contribution in [2.45, 2.75) is 0 Å². The molecule has 0 bridgehead atoms. The molecule has 4 heteroatoms. The van der Waals surface area contributed by atoms with Crippen LogP contribution in [0.3, 0.4) is 0 Å². The number of aromatic nitrogens is 3. The van der Waals surface area contributed by atoms with Crippen molar-refractivity contribution in [3.63, 3.8) is 0 Å². The van der Waals surface area contributed by atoms with E-state index in [9.17, 15) is 4.79 Å². The third kappa shape index (κ3) is 0.556. The molecule has 49 valence electrons. The van der Waals surface area contributed by atoms with Crippen LogP contribution in [-0.4, -0.2) is 15.2 Å². The second-order valence-electron chi connectivity index (χ2n) is 1.91. The van der Waals surface area contributed by atoms with E-state index in [0.717, 1.165) is 0 Å². The third-order valence-corrected chi connectivity index (χ3v) is 1.30. The van der Waals surface area contributed by atoms with E-state index in [2.05, 4.69) is 21.2 Å². The van der Waals surface area contributed by atoms with Gasteiger partial charge in [-0.15, -0.1) is 0 Å². The molecule has 0 atom stereocenters. The molecule has 1 radical (unpaired) electrons. The van der Waals surface area contributed by atoms with E-state index in [1.807, 2.05) is 0 Å². The second-order valence-corrected chi connectivity index (χ2v) is 1.91. The Bertz CT molecular complexity index is 400. The predicted octanol–water partition coefficient (Wildman–Crippen LogP) is 0.0514. The van der Waals surface area contributed by atoms with Crippen LogP contribution in [0.15, 0.2) is 17.2 Å². The zero-order valence-corrected chi connectivity index (χ0v) is 5.01. The highest BCUT2D eigenvalue weighted by molar-refractivity contribution is 5.75. The molecule has 0 unspecified atom stereocenters. The summed E-state index contributed by atoms with van der Waals surface area (Å²) in [5.41, 5.74) is 0.436. The maximum atomic E-state index is 10.9. The minimum atomic E-state index is -0.137. The molecule has 2 rings (SSSR count). The molecule has 0 aliphatic heterocycles. The van der Waals surface area contributed by atoms with Crippen LogP contribution in [0, 0.1) is 6.07 Å². The van der Waals surface area contributed by atoms with Crippen LogP contribution in [0.25, 0.3) is 10.9 Å². The number of pyridine rings is 1. The SMILES string of the molecule is O=c1[nH]c[c]c2n[nH]cc12. The highest BCUT2D eigenvalue weighted by Gasteiger charge is 1.96. The molecule has 2 aromatic rings. The van der Waals surface area contributed by atoms with Crippen molar-refractivity contribution >= 4 is 10.9 Å². The summed E-state index contributed by atoms with van der Waals surface area (Å²) in [6, 6.07) is 2.77. The van der Waals surface area contributed by atoms with Gasteiger partial charge in [0.1, 0.15) is 5.52 Å². The normalized spacial score (nSPS) is 10.4. The Morgan fingerprint density at radius 1 is 1.60 bits per heavy atom. The molecular formula is C6H4N3O. The summed E-state index contributed by atoms with van der Waals surface area (Å²) in [6.07, 6.45) is 3.00. The lowest BCUT2D eigenvalue weighted by Gasteiger charge is -1.80. The maximum Gasteiger partial charge on any atom is 0.259 e. The summed E-state index contributed by atoms with van der Waals surface area (Å²) in [5, 5.41) is 6.90. The van der Waals surface area contributed by atoms with Crippen LogP contribution < -0.4 is 5.56 Å². The standard InChI is InChI=1S/C6H4N3O/c10-6-4-3-8-9-5(4)1-2-7-6/h2-3H,(H,7,10)(H,8,9). The first kappa shape index (κ1) is 5.22. The number of fused-ring (bicyclic) bond motifs is 1. The second kappa shape index (κ2) is 1.70. The molecule has 0 aromatic carbocycles. The maximum absolute atomic E-state index is 10.9. The predicted molar refractivity (Wildman–Crippen MR) is 35.6 cm³/mol. The topological polar surface area (TPSA) is 61.5 Å². The van der Waals surface area contributed by atoms with Crippen LogP contribution in [0.1, 0.15) is 0 Å². The van der Waals surface area contributed by atoms with Crippen LogP contribution in [0.5, 0.6) is 0 Å². The lowest BCUT2D eigenvalue weighted by atomic mass is 10.3. The fourth-order valence-electron chi connectivity index (χ4n) is 0.821. The third-order valence-electron chi connectivity index (χ3n) is 1.30. The van der Waals surface area contributed by atoms with Gasteiger partial charge in [0.15, 0.2) is 0 Å². The molecule has 10 heavy (non-hydrogen) atoms. The highest BCUT2D eigenvalue weighted by Crippen LogP contribution is 1.99.